The van der Waals surface area contributed by atoms with E-state index in [0.717, 1.165) is 45.4 Å². The van der Waals surface area contributed by atoms with E-state index in [1.165, 1.54) is 18.6 Å². The number of ether oxygens (including phenoxy) is 1. The van der Waals surface area contributed by atoms with Crippen LogP contribution in [-0.4, -0.2) is 53.8 Å². The molecule has 3 rings (SSSR count). The standard InChI is InChI=1S/C14H24N2O2S/c17-14(15-10-11-4-3-9-19-11)16-7-1-5-12(16)13-6-2-8-18-13/h11-13H,1-10H2,(H,15,17)/t11-,12+,13+/m0/s1. The predicted molar refractivity (Wildman–Crippen MR) is 77.6 cm³/mol. The van der Waals surface area contributed by atoms with Gasteiger partial charge >= 0.3 is 6.03 Å². The number of hydrogen-bond donors (Lipinski definition) is 1. The van der Waals surface area contributed by atoms with Crippen LogP contribution in [0.2, 0.25) is 0 Å². The van der Waals surface area contributed by atoms with Crippen LogP contribution < -0.4 is 5.32 Å². The minimum absolute atomic E-state index is 0.130. The second-order valence-corrected chi connectivity index (χ2v) is 7.18. The fourth-order valence-electron chi connectivity index (χ4n) is 3.45. The number of rotatable bonds is 3. The number of likely N-dealkylation sites (tertiary alicyclic amines) is 1. The van der Waals surface area contributed by atoms with E-state index in [1.807, 2.05) is 16.7 Å². The first-order valence-corrected chi connectivity index (χ1v) is 8.67. The summed E-state index contributed by atoms with van der Waals surface area (Å²) in [6, 6.07) is 0.448. The van der Waals surface area contributed by atoms with E-state index in [4.69, 9.17) is 4.74 Å². The molecule has 0 saturated carbocycles. The Kier molecular flexibility index (Phi) is 4.53. The van der Waals surface area contributed by atoms with E-state index in [-0.39, 0.29) is 12.1 Å². The van der Waals surface area contributed by atoms with E-state index in [2.05, 4.69) is 5.32 Å². The van der Waals surface area contributed by atoms with Crippen molar-refractivity contribution in [2.75, 3.05) is 25.4 Å². The fraction of sp³-hybridized carbons (Fsp3) is 0.929. The van der Waals surface area contributed by atoms with Gasteiger partial charge in [0.05, 0.1) is 12.1 Å². The summed E-state index contributed by atoms with van der Waals surface area (Å²) in [6.45, 7) is 2.60. The molecule has 0 aromatic carbocycles. The maximum atomic E-state index is 12.3. The van der Waals surface area contributed by atoms with E-state index in [9.17, 15) is 4.79 Å². The molecule has 3 aliphatic rings. The second kappa shape index (κ2) is 6.35. The quantitative estimate of drug-likeness (QED) is 0.864. The minimum atomic E-state index is 0.130. The zero-order valence-electron chi connectivity index (χ0n) is 11.5. The van der Waals surface area contributed by atoms with Crippen LogP contribution in [-0.2, 0) is 4.74 Å². The van der Waals surface area contributed by atoms with Crippen molar-refractivity contribution in [3.05, 3.63) is 0 Å². The van der Waals surface area contributed by atoms with Gasteiger partial charge in [0.1, 0.15) is 0 Å². The highest BCUT2D eigenvalue weighted by Gasteiger charge is 2.36. The van der Waals surface area contributed by atoms with Crippen LogP contribution in [0, 0.1) is 0 Å². The van der Waals surface area contributed by atoms with Crippen molar-refractivity contribution < 1.29 is 9.53 Å². The number of thioether (sulfide) groups is 1. The number of nitrogens with zero attached hydrogens (tertiary/aromatic N) is 1. The molecule has 2 amide bonds. The third-order valence-electron chi connectivity index (χ3n) is 4.46. The normalized spacial score (nSPS) is 34.9. The maximum absolute atomic E-state index is 12.3. The lowest BCUT2D eigenvalue weighted by molar-refractivity contribution is 0.0521. The highest BCUT2D eigenvalue weighted by atomic mass is 32.2. The summed E-state index contributed by atoms with van der Waals surface area (Å²) in [7, 11) is 0. The summed E-state index contributed by atoms with van der Waals surface area (Å²) in [6.07, 6.45) is 7.33. The molecule has 1 N–H and O–H groups in total. The number of amides is 2. The fourth-order valence-corrected chi connectivity index (χ4v) is 4.65. The molecule has 3 saturated heterocycles. The average molecular weight is 284 g/mol. The molecular formula is C14H24N2O2S. The molecule has 0 aromatic rings. The SMILES string of the molecule is O=C(NC[C@@H]1CCCS1)N1CCC[C@@H]1[C@H]1CCCO1. The molecule has 0 aliphatic carbocycles. The van der Waals surface area contributed by atoms with Gasteiger partial charge in [0.25, 0.3) is 0 Å². The van der Waals surface area contributed by atoms with Crippen LogP contribution in [0.15, 0.2) is 0 Å². The average Bonchev–Trinajstić information content (AvgIpc) is 3.14. The molecule has 3 heterocycles. The van der Waals surface area contributed by atoms with Gasteiger partial charge in [-0.3, -0.25) is 0 Å². The van der Waals surface area contributed by atoms with Crippen molar-refractivity contribution in [1.29, 1.82) is 0 Å². The Morgan fingerprint density at radius 3 is 2.95 bits per heavy atom. The molecule has 3 atom stereocenters. The third-order valence-corrected chi connectivity index (χ3v) is 5.86. The number of nitrogens with one attached hydrogen (secondary N) is 1. The van der Waals surface area contributed by atoms with Crippen molar-refractivity contribution in [3.8, 4) is 0 Å². The lowest BCUT2D eigenvalue weighted by atomic mass is 10.1. The first kappa shape index (κ1) is 13.6. The second-order valence-electron chi connectivity index (χ2n) is 5.78. The van der Waals surface area contributed by atoms with Gasteiger partial charge in [-0.2, -0.15) is 11.8 Å². The first-order chi connectivity index (χ1) is 9.34. The van der Waals surface area contributed by atoms with E-state index < -0.39 is 0 Å². The molecule has 108 valence electrons. The number of hydrogen-bond acceptors (Lipinski definition) is 3. The van der Waals surface area contributed by atoms with Crippen molar-refractivity contribution in [1.82, 2.24) is 10.2 Å². The van der Waals surface area contributed by atoms with Crippen LogP contribution in [0.5, 0.6) is 0 Å². The van der Waals surface area contributed by atoms with Crippen LogP contribution in [0.1, 0.15) is 38.5 Å². The zero-order chi connectivity index (χ0) is 13.1. The molecule has 0 spiro atoms. The molecule has 0 radical (unpaired) electrons. The van der Waals surface area contributed by atoms with E-state index >= 15 is 0 Å². The van der Waals surface area contributed by atoms with Crippen molar-refractivity contribution >= 4 is 17.8 Å². The van der Waals surface area contributed by atoms with Crippen LogP contribution in [0.25, 0.3) is 0 Å². The molecule has 19 heavy (non-hydrogen) atoms. The molecule has 0 unspecified atom stereocenters. The Labute approximate surface area is 119 Å². The summed E-state index contributed by atoms with van der Waals surface area (Å²) in [5.74, 6) is 1.25. The first-order valence-electron chi connectivity index (χ1n) is 7.62. The van der Waals surface area contributed by atoms with Crippen LogP contribution >= 0.6 is 11.8 Å². The number of urea groups is 1. The predicted octanol–water partition coefficient (Wildman–Crippen LogP) is 2.24. The van der Waals surface area contributed by atoms with E-state index in [1.54, 1.807) is 0 Å². The molecule has 5 heteroatoms. The smallest absolute Gasteiger partial charge is 0.317 e. The molecule has 3 fully saturated rings. The van der Waals surface area contributed by atoms with Gasteiger partial charge in [-0.15, -0.1) is 0 Å². The molecular weight excluding hydrogens is 260 g/mol. The summed E-state index contributed by atoms with van der Waals surface area (Å²) >= 11 is 2.00. The Hall–Kier alpha value is -0.420. The van der Waals surface area contributed by atoms with E-state index in [0.29, 0.717) is 11.3 Å². The Morgan fingerprint density at radius 2 is 2.21 bits per heavy atom. The highest BCUT2D eigenvalue weighted by Crippen LogP contribution is 2.28. The van der Waals surface area contributed by atoms with Gasteiger partial charge < -0.3 is 15.0 Å². The van der Waals surface area contributed by atoms with Gasteiger partial charge in [-0.1, -0.05) is 0 Å². The van der Waals surface area contributed by atoms with Crippen molar-refractivity contribution in [2.45, 2.75) is 55.9 Å². The lowest BCUT2D eigenvalue weighted by Gasteiger charge is -2.29. The summed E-state index contributed by atoms with van der Waals surface area (Å²) in [5.41, 5.74) is 0. The Morgan fingerprint density at radius 1 is 1.26 bits per heavy atom. The third kappa shape index (κ3) is 3.19. The van der Waals surface area contributed by atoms with Crippen LogP contribution in [0.4, 0.5) is 4.79 Å². The zero-order valence-corrected chi connectivity index (χ0v) is 12.3. The van der Waals surface area contributed by atoms with Crippen LogP contribution in [0.3, 0.4) is 0 Å². The highest BCUT2D eigenvalue weighted by molar-refractivity contribution is 8.00. The molecule has 3 aliphatic heterocycles. The summed E-state index contributed by atoms with van der Waals surface area (Å²) in [5, 5.41) is 3.76. The van der Waals surface area contributed by atoms with Crippen molar-refractivity contribution in [3.63, 3.8) is 0 Å². The monoisotopic (exact) mass is 284 g/mol. The van der Waals surface area contributed by atoms with Gasteiger partial charge in [-0.05, 0) is 44.3 Å². The van der Waals surface area contributed by atoms with Crippen molar-refractivity contribution in [2.24, 2.45) is 0 Å². The van der Waals surface area contributed by atoms with Gasteiger partial charge in [0, 0.05) is 24.9 Å². The molecule has 4 nitrogen and oxygen atoms in total. The minimum Gasteiger partial charge on any atom is -0.376 e. The largest absolute Gasteiger partial charge is 0.376 e. The summed E-state index contributed by atoms with van der Waals surface area (Å²) in [4.78, 5) is 14.3. The molecule has 0 aromatic heterocycles. The van der Waals surface area contributed by atoms with Gasteiger partial charge in [-0.25, -0.2) is 4.79 Å². The number of carbonyl (C=O) groups is 1. The Balaban J connectivity index is 1.49. The molecule has 0 bridgehead atoms. The maximum Gasteiger partial charge on any atom is 0.317 e. The topological polar surface area (TPSA) is 41.6 Å². The van der Waals surface area contributed by atoms with Gasteiger partial charge in [0.2, 0.25) is 0 Å². The number of carbonyl (C=O) groups excluding carboxylic acids is 1. The lowest BCUT2D eigenvalue weighted by Crippen LogP contribution is -2.48. The van der Waals surface area contributed by atoms with Gasteiger partial charge in [0.15, 0.2) is 0 Å². The summed E-state index contributed by atoms with van der Waals surface area (Å²) < 4.78 is 5.77. The Bertz CT molecular complexity index is 315.